The van der Waals surface area contributed by atoms with Gasteiger partial charge in [-0.3, -0.25) is 0 Å². The molecule has 3 N–H and O–H groups in total. The number of hydrogen-bond acceptors (Lipinski definition) is 3. The first-order chi connectivity index (χ1) is 14.1. The molecule has 0 radical (unpaired) electrons. The zero-order chi connectivity index (χ0) is 20.5. The Morgan fingerprint density at radius 2 is 1.38 bits per heavy atom. The number of ether oxygens (including phenoxy) is 1. The van der Waals surface area contributed by atoms with Crippen LogP contribution in [0, 0.1) is 0 Å². The van der Waals surface area contributed by atoms with Gasteiger partial charge in [0.1, 0.15) is 5.75 Å². The van der Waals surface area contributed by atoms with Gasteiger partial charge >= 0.3 is 0 Å². The number of nitrogens with two attached hydrogens (primary N) is 1. The quantitative estimate of drug-likeness (QED) is 0.479. The van der Waals surface area contributed by atoms with E-state index in [1.165, 1.54) is 22.3 Å². The van der Waals surface area contributed by atoms with E-state index in [0.29, 0.717) is 6.61 Å². The summed E-state index contributed by atoms with van der Waals surface area (Å²) in [6.07, 6.45) is 3.59. The van der Waals surface area contributed by atoms with E-state index in [1.807, 2.05) is 25.1 Å². The summed E-state index contributed by atoms with van der Waals surface area (Å²) in [6.45, 7) is 2.58. The molecule has 0 saturated carbocycles. The van der Waals surface area contributed by atoms with Crippen molar-refractivity contribution < 1.29 is 9.84 Å². The summed E-state index contributed by atoms with van der Waals surface area (Å²) in [6, 6.07) is 27.4. The van der Waals surface area contributed by atoms with Crippen molar-refractivity contribution in [3.8, 4) is 16.9 Å². The van der Waals surface area contributed by atoms with Gasteiger partial charge in [-0.05, 0) is 67.0 Å². The van der Waals surface area contributed by atoms with Crippen molar-refractivity contribution >= 4 is 0 Å². The van der Waals surface area contributed by atoms with Crippen molar-refractivity contribution in [1.82, 2.24) is 0 Å². The van der Waals surface area contributed by atoms with Crippen molar-refractivity contribution in [2.75, 3.05) is 13.2 Å². The van der Waals surface area contributed by atoms with Crippen molar-refractivity contribution in [3.63, 3.8) is 0 Å². The van der Waals surface area contributed by atoms with Crippen molar-refractivity contribution in [2.24, 2.45) is 5.73 Å². The molecular formula is C26H31NO2. The zero-order valence-corrected chi connectivity index (χ0v) is 17.2. The van der Waals surface area contributed by atoms with Crippen LogP contribution in [0.4, 0.5) is 0 Å². The van der Waals surface area contributed by atoms with E-state index < -0.39 is 5.54 Å². The molecule has 0 saturated heterocycles. The average Bonchev–Trinajstić information content (AvgIpc) is 2.77. The first kappa shape index (κ1) is 21.1. The summed E-state index contributed by atoms with van der Waals surface area (Å²) >= 11 is 0. The van der Waals surface area contributed by atoms with Crippen LogP contribution in [0.25, 0.3) is 11.1 Å². The molecule has 3 nitrogen and oxygen atoms in total. The van der Waals surface area contributed by atoms with E-state index in [4.69, 9.17) is 10.5 Å². The van der Waals surface area contributed by atoms with Crippen LogP contribution < -0.4 is 10.5 Å². The second kappa shape index (κ2) is 10.2. The van der Waals surface area contributed by atoms with Gasteiger partial charge in [-0.1, -0.05) is 66.7 Å². The lowest BCUT2D eigenvalue weighted by atomic mass is 9.95. The molecule has 0 aromatic heterocycles. The highest BCUT2D eigenvalue weighted by atomic mass is 16.5. The molecule has 29 heavy (non-hydrogen) atoms. The predicted molar refractivity (Wildman–Crippen MR) is 120 cm³/mol. The number of rotatable bonds is 10. The van der Waals surface area contributed by atoms with Crippen LogP contribution in [-0.2, 0) is 12.8 Å². The van der Waals surface area contributed by atoms with Crippen molar-refractivity contribution in [1.29, 1.82) is 0 Å². The third-order valence-corrected chi connectivity index (χ3v) is 5.21. The Morgan fingerprint density at radius 3 is 2.03 bits per heavy atom. The molecular weight excluding hydrogens is 358 g/mol. The minimum Gasteiger partial charge on any atom is -0.494 e. The maximum atomic E-state index is 9.24. The van der Waals surface area contributed by atoms with Crippen molar-refractivity contribution in [3.05, 3.63) is 90.0 Å². The highest BCUT2D eigenvalue weighted by molar-refractivity contribution is 5.63. The largest absolute Gasteiger partial charge is 0.494 e. The first-order valence-electron chi connectivity index (χ1n) is 10.3. The van der Waals surface area contributed by atoms with E-state index in [0.717, 1.165) is 31.4 Å². The van der Waals surface area contributed by atoms with Gasteiger partial charge in [0.15, 0.2) is 0 Å². The van der Waals surface area contributed by atoms with Crippen LogP contribution in [0.15, 0.2) is 78.9 Å². The number of benzene rings is 3. The molecule has 152 valence electrons. The number of aliphatic hydroxyl groups is 1. The Labute approximate surface area is 174 Å². The molecule has 0 aliphatic rings. The van der Waals surface area contributed by atoms with Gasteiger partial charge in [0.2, 0.25) is 0 Å². The lowest BCUT2D eigenvalue weighted by Crippen LogP contribution is -2.40. The maximum absolute atomic E-state index is 9.24. The fourth-order valence-electron chi connectivity index (χ4n) is 3.22. The van der Waals surface area contributed by atoms with Gasteiger partial charge in [0, 0.05) is 5.54 Å². The second-order valence-corrected chi connectivity index (χ2v) is 7.97. The topological polar surface area (TPSA) is 55.5 Å². The molecule has 0 amide bonds. The molecule has 1 unspecified atom stereocenters. The lowest BCUT2D eigenvalue weighted by molar-refractivity contribution is 0.200. The summed E-state index contributed by atoms with van der Waals surface area (Å²) in [5.74, 6) is 0.894. The SMILES string of the molecule is CC(N)(CO)CCc1ccc(OCCCc2ccc(-c3ccccc3)cc2)cc1. The highest BCUT2D eigenvalue weighted by Crippen LogP contribution is 2.20. The van der Waals surface area contributed by atoms with Gasteiger partial charge < -0.3 is 15.6 Å². The van der Waals surface area contributed by atoms with Gasteiger partial charge in [0.05, 0.1) is 13.2 Å². The number of aliphatic hydroxyl groups excluding tert-OH is 1. The molecule has 3 rings (SSSR count). The molecule has 0 spiro atoms. The first-order valence-corrected chi connectivity index (χ1v) is 10.3. The molecule has 0 fully saturated rings. The Hall–Kier alpha value is -2.62. The van der Waals surface area contributed by atoms with E-state index in [9.17, 15) is 5.11 Å². The minimum absolute atomic E-state index is 0.00315. The normalized spacial score (nSPS) is 13.1. The summed E-state index contributed by atoms with van der Waals surface area (Å²) in [4.78, 5) is 0. The van der Waals surface area contributed by atoms with Gasteiger partial charge in [-0.25, -0.2) is 0 Å². The van der Waals surface area contributed by atoms with E-state index in [2.05, 4.69) is 60.7 Å². The maximum Gasteiger partial charge on any atom is 0.119 e. The fourth-order valence-corrected chi connectivity index (χ4v) is 3.22. The molecule has 1 atom stereocenters. The van der Waals surface area contributed by atoms with Crippen LogP contribution in [-0.4, -0.2) is 23.9 Å². The van der Waals surface area contributed by atoms with Crippen LogP contribution >= 0.6 is 0 Å². The highest BCUT2D eigenvalue weighted by Gasteiger charge is 2.16. The van der Waals surface area contributed by atoms with E-state index >= 15 is 0 Å². The number of hydrogen-bond donors (Lipinski definition) is 2. The average molecular weight is 390 g/mol. The Morgan fingerprint density at radius 1 is 0.793 bits per heavy atom. The van der Waals surface area contributed by atoms with Crippen LogP contribution in [0.5, 0.6) is 5.75 Å². The monoisotopic (exact) mass is 389 g/mol. The third-order valence-electron chi connectivity index (χ3n) is 5.21. The standard InChI is InChI=1S/C26H31NO2/c1-26(27,20-28)18-17-22-11-15-25(16-12-22)29-19-5-6-21-9-13-24(14-10-21)23-7-3-2-4-8-23/h2-4,7-16,28H,5-6,17-20,27H2,1H3. The van der Waals surface area contributed by atoms with Crippen LogP contribution in [0.1, 0.15) is 30.9 Å². The Kier molecular flexibility index (Phi) is 7.45. The summed E-state index contributed by atoms with van der Waals surface area (Å²) in [5.41, 5.74) is 10.5. The minimum atomic E-state index is -0.519. The molecule has 0 bridgehead atoms. The predicted octanol–water partition coefficient (Wildman–Crippen LogP) is 5.01. The molecule has 3 aromatic rings. The van der Waals surface area contributed by atoms with Crippen molar-refractivity contribution in [2.45, 2.75) is 38.1 Å². The van der Waals surface area contributed by atoms with Crippen LogP contribution in [0.2, 0.25) is 0 Å². The molecule has 3 heteroatoms. The molecule has 0 heterocycles. The summed E-state index contributed by atoms with van der Waals surface area (Å²) in [7, 11) is 0. The molecule has 0 aliphatic carbocycles. The fraction of sp³-hybridized carbons (Fsp3) is 0.308. The summed E-state index contributed by atoms with van der Waals surface area (Å²) < 4.78 is 5.88. The van der Waals surface area contributed by atoms with Gasteiger partial charge in [-0.2, -0.15) is 0 Å². The molecule has 0 aliphatic heterocycles. The van der Waals surface area contributed by atoms with E-state index in [1.54, 1.807) is 0 Å². The third kappa shape index (κ3) is 6.74. The second-order valence-electron chi connectivity index (χ2n) is 7.97. The zero-order valence-electron chi connectivity index (χ0n) is 17.2. The van der Waals surface area contributed by atoms with Crippen LogP contribution in [0.3, 0.4) is 0 Å². The molecule has 3 aromatic carbocycles. The Balaban J connectivity index is 1.40. The number of aryl methyl sites for hydroxylation is 2. The summed E-state index contributed by atoms with van der Waals surface area (Å²) in [5, 5.41) is 9.24. The van der Waals surface area contributed by atoms with Gasteiger partial charge in [0.25, 0.3) is 0 Å². The Bertz CT molecular complexity index is 855. The van der Waals surface area contributed by atoms with Gasteiger partial charge in [-0.15, -0.1) is 0 Å². The lowest BCUT2D eigenvalue weighted by Gasteiger charge is -2.21. The smallest absolute Gasteiger partial charge is 0.119 e. The van der Waals surface area contributed by atoms with E-state index in [-0.39, 0.29) is 6.61 Å².